The third-order valence-corrected chi connectivity index (χ3v) is 4.29. The Morgan fingerprint density at radius 3 is 2.86 bits per heavy atom. The lowest BCUT2D eigenvalue weighted by Crippen LogP contribution is -2.09. The van der Waals surface area contributed by atoms with Crippen LogP contribution >= 0.6 is 0 Å². The van der Waals surface area contributed by atoms with Gasteiger partial charge in [0.1, 0.15) is 17.1 Å². The summed E-state index contributed by atoms with van der Waals surface area (Å²) >= 11 is 0. The number of ether oxygens (including phenoxy) is 1. The molecular weight excluding hydrogens is 280 g/mol. The highest BCUT2D eigenvalue weighted by Crippen LogP contribution is 2.36. The smallest absolute Gasteiger partial charge is 0.222 e. The summed E-state index contributed by atoms with van der Waals surface area (Å²) < 4.78 is 5.49. The Bertz CT molecular complexity index is 755. The molecule has 2 N–H and O–H groups in total. The highest BCUT2D eigenvalue weighted by Gasteiger charge is 2.24. The first-order chi connectivity index (χ1) is 10.7. The van der Waals surface area contributed by atoms with E-state index in [9.17, 15) is 5.11 Å². The predicted molar refractivity (Wildman–Crippen MR) is 83.4 cm³/mol. The fourth-order valence-corrected chi connectivity index (χ4v) is 2.84. The normalized spacial score (nSPS) is 20.3. The monoisotopic (exact) mass is 298 g/mol. The van der Waals surface area contributed by atoms with E-state index in [1.807, 2.05) is 18.3 Å². The first kappa shape index (κ1) is 13.3. The molecule has 1 fully saturated rings. The van der Waals surface area contributed by atoms with Crippen LogP contribution in [-0.2, 0) is 6.42 Å². The number of nitrogens with one attached hydrogen (secondary N) is 1. The molecule has 6 nitrogen and oxygen atoms in total. The largest absolute Gasteiger partial charge is 0.494 e. The number of benzene rings is 1. The second kappa shape index (κ2) is 5.12. The maximum Gasteiger partial charge on any atom is 0.222 e. The van der Waals surface area contributed by atoms with E-state index in [1.54, 1.807) is 7.11 Å². The summed E-state index contributed by atoms with van der Waals surface area (Å²) in [7, 11) is 1.62. The molecule has 0 spiro atoms. The van der Waals surface area contributed by atoms with Crippen molar-refractivity contribution in [1.82, 2.24) is 15.4 Å². The number of nitrogens with zero attached hydrogens (tertiary/aromatic N) is 3. The summed E-state index contributed by atoms with van der Waals surface area (Å²) in [5, 5.41) is 15.0. The number of fused-ring (bicyclic) bond motifs is 1. The lowest BCUT2D eigenvalue weighted by molar-refractivity contribution is 0.416. The number of rotatable bonds is 4. The number of hydrogen-bond donors (Lipinski definition) is 2. The van der Waals surface area contributed by atoms with E-state index < -0.39 is 0 Å². The van der Waals surface area contributed by atoms with Crippen LogP contribution in [0.5, 0.6) is 11.6 Å². The molecule has 1 atom stereocenters. The molecule has 22 heavy (non-hydrogen) atoms. The zero-order valence-corrected chi connectivity index (χ0v) is 12.4. The average Bonchev–Trinajstić information content (AvgIpc) is 3.16. The van der Waals surface area contributed by atoms with Crippen LogP contribution in [0.25, 0.3) is 10.9 Å². The molecule has 1 aromatic heterocycles. The Kier molecular flexibility index (Phi) is 3.10. The van der Waals surface area contributed by atoms with Gasteiger partial charge in [0, 0.05) is 25.1 Å². The fourth-order valence-electron chi connectivity index (χ4n) is 2.84. The topological polar surface area (TPSA) is 79.6 Å². The van der Waals surface area contributed by atoms with E-state index >= 15 is 0 Å². The van der Waals surface area contributed by atoms with E-state index in [1.165, 1.54) is 12.8 Å². The first-order valence-electron chi connectivity index (χ1n) is 7.58. The molecule has 4 rings (SSSR count). The summed E-state index contributed by atoms with van der Waals surface area (Å²) in [6, 6.07) is 3.90. The minimum Gasteiger partial charge on any atom is -0.494 e. The third kappa shape index (κ3) is 2.34. The third-order valence-electron chi connectivity index (χ3n) is 4.29. The molecule has 2 aromatic rings. The minimum absolute atomic E-state index is 0.0312. The molecule has 2 heterocycles. The number of aromatic hydroxyl groups is 1. The Hall–Kier alpha value is -2.37. The summed E-state index contributed by atoms with van der Waals surface area (Å²) in [5.74, 6) is 2.24. The SMILES string of the molecule is COc1cc(C2C=NNC2)cc2c(O)nc(CC3CC3)nc12. The molecule has 1 aliphatic heterocycles. The lowest BCUT2D eigenvalue weighted by atomic mass is 9.98. The molecular formula is C16H18N4O2. The van der Waals surface area contributed by atoms with Crippen LogP contribution in [0.4, 0.5) is 0 Å². The van der Waals surface area contributed by atoms with Gasteiger partial charge in [-0.2, -0.15) is 10.1 Å². The van der Waals surface area contributed by atoms with Crippen LogP contribution in [0.2, 0.25) is 0 Å². The van der Waals surface area contributed by atoms with E-state index in [0.717, 1.165) is 18.5 Å². The molecule has 114 valence electrons. The van der Waals surface area contributed by atoms with Crippen molar-refractivity contribution in [3.63, 3.8) is 0 Å². The minimum atomic E-state index is 0.0312. The lowest BCUT2D eigenvalue weighted by Gasteiger charge is -2.13. The quantitative estimate of drug-likeness (QED) is 0.902. The van der Waals surface area contributed by atoms with Gasteiger partial charge < -0.3 is 15.3 Å². The van der Waals surface area contributed by atoms with E-state index in [4.69, 9.17) is 4.74 Å². The van der Waals surface area contributed by atoms with Crippen LogP contribution < -0.4 is 10.2 Å². The van der Waals surface area contributed by atoms with Crippen LogP contribution in [0.15, 0.2) is 17.2 Å². The summed E-state index contributed by atoms with van der Waals surface area (Å²) in [4.78, 5) is 8.87. The molecule has 0 saturated heterocycles. The Morgan fingerprint density at radius 2 is 2.18 bits per heavy atom. The molecule has 0 amide bonds. The standard InChI is InChI=1S/C16H18N4O2/c1-22-13-6-10(11-7-17-18-8-11)5-12-15(13)19-14(20-16(12)21)4-9-2-3-9/h5-7,9,11,18H,2-4,8H2,1H3,(H,19,20,21). The zero-order valence-electron chi connectivity index (χ0n) is 12.4. The van der Waals surface area contributed by atoms with Crippen molar-refractivity contribution in [3.05, 3.63) is 23.5 Å². The van der Waals surface area contributed by atoms with Crippen molar-refractivity contribution in [2.75, 3.05) is 13.7 Å². The van der Waals surface area contributed by atoms with Crippen molar-refractivity contribution in [3.8, 4) is 11.6 Å². The van der Waals surface area contributed by atoms with Crippen molar-refractivity contribution < 1.29 is 9.84 Å². The maximum atomic E-state index is 10.3. The van der Waals surface area contributed by atoms with Gasteiger partial charge in [-0.1, -0.05) is 0 Å². The van der Waals surface area contributed by atoms with Gasteiger partial charge in [-0.05, 0) is 36.5 Å². The van der Waals surface area contributed by atoms with Crippen LogP contribution in [-0.4, -0.2) is 34.9 Å². The molecule has 1 aromatic carbocycles. The second-order valence-electron chi connectivity index (χ2n) is 5.98. The number of hydrazone groups is 1. The molecule has 0 radical (unpaired) electrons. The summed E-state index contributed by atoms with van der Waals surface area (Å²) in [6.45, 7) is 0.746. The van der Waals surface area contributed by atoms with Crippen LogP contribution in [0.3, 0.4) is 0 Å². The van der Waals surface area contributed by atoms with Gasteiger partial charge in [0.05, 0.1) is 12.5 Å². The van der Waals surface area contributed by atoms with Gasteiger partial charge in [0.2, 0.25) is 5.88 Å². The average molecular weight is 298 g/mol. The molecule has 1 saturated carbocycles. The van der Waals surface area contributed by atoms with E-state index in [-0.39, 0.29) is 11.8 Å². The van der Waals surface area contributed by atoms with Crippen molar-refractivity contribution >= 4 is 17.1 Å². The maximum absolute atomic E-state index is 10.3. The van der Waals surface area contributed by atoms with Gasteiger partial charge in [-0.15, -0.1) is 0 Å². The zero-order chi connectivity index (χ0) is 15.1. The first-order valence-corrected chi connectivity index (χ1v) is 7.58. The van der Waals surface area contributed by atoms with E-state index in [0.29, 0.717) is 28.4 Å². The molecule has 1 aliphatic carbocycles. The van der Waals surface area contributed by atoms with Crippen molar-refractivity contribution in [1.29, 1.82) is 0 Å². The van der Waals surface area contributed by atoms with Crippen LogP contribution in [0, 0.1) is 5.92 Å². The van der Waals surface area contributed by atoms with Gasteiger partial charge in [-0.3, -0.25) is 0 Å². The fraction of sp³-hybridized carbons (Fsp3) is 0.438. The van der Waals surface area contributed by atoms with Gasteiger partial charge >= 0.3 is 0 Å². The highest BCUT2D eigenvalue weighted by molar-refractivity contribution is 5.90. The number of hydrogen-bond acceptors (Lipinski definition) is 6. The number of methoxy groups -OCH3 is 1. The highest BCUT2D eigenvalue weighted by atomic mass is 16.5. The molecule has 6 heteroatoms. The Labute approximate surface area is 128 Å². The van der Waals surface area contributed by atoms with Gasteiger partial charge in [0.15, 0.2) is 0 Å². The number of aromatic nitrogens is 2. The Morgan fingerprint density at radius 1 is 1.32 bits per heavy atom. The second-order valence-corrected chi connectivity index (χ2v) is 5.98. The summed E-state index contributed by atoms with van der Waals surface area (Å²) in [5.41, 5.74) is 4.66. The van der Waals surface area contributed by atoms with Crippen LogP contribution in [0.1, 0.15) is 30.1 Å². The van der Waals surface area contributed by atoms with Crippen molar-refractivity contribution in [2.45, 2.75) is 25.2 Å². The molecule has 0 bridgehead atoms. The van der Waals surface area contributed by atoms with Crippen molar-refractivity contribution in [2.24, 2.45) is 11.0 Å². The molecule has 1 unspecified atom stereocenters. The predicted octanol–water partition coefficient (Wildman–Crippen LogP) is 1.97. The van der Waals surface area contributed by atoms with Gasteiger partial charge in [0.25, 0.3) is 0 Å². The molecule has 2 aliphatic rings. The van der Waals surface area contributed by atoms with E-state index in [2.05, 4.69) is 20.5 Å². The summed E-state index contributed by atoms with van der Waals surface area (Å²) in [6.07, 6.45) is 5.14. The van der Waals surface area contributed by atoms with Gasteiger partial charge in [-0.25, -0.2) is 4.98 Å². The Balaban J connectivity index is 1.83.